The van der Waals surface area contributed by atoms with E-state index in [1.54, 1.807) is 13.2 Å². The SMILES string of the molecule is COc1ccc(CNCc2ccc(OC)c([N+](=O)[O-])c2)cc1. The van der Waals surface area contributed by atoms with Crippen molar-refractivity contribution in [1.82, 2.24) is 5.32 Å². The lowest BCUT2D eigenvalue weighted by molar-refractivity contribution is -0.385. The predicted molar refractivity (Wildman–Crippen MR) is 83.2 cm³/mol. The summed E-state index contributed by atoms with van der Waals surface area (Å²) < 4.78 is 10.1. The van der Waals surface area contributed by atoms with Crippen molar-refractivity contribution in [2.45, 2.75) is 13.1 Å². The monoisotopic (exact) mass is 302 g/mol. The highest BCUT2D eigenvalue weighted by Gasteiger charge is 2.14. The van der Waals surface area contributed by atoms with Crippen molar-refractivity contribution in [3.05, 3.63) is 63.7 Å². The summed E-state index contributed by atoms with van der Waals surface area (Å²) in [6.07, 6.45) is 0. The van der Waals surface area contributed by atoms with Gasteiger partial charge >= 0.3 is 5.69 Å². The van der Waals surface area contributed by atoms with E-state index in [1.807, 2.05) is 30.3 Å². The molecular formula is C16H18N2O4. The van der Waals surface area contributed by atoms with Crippen molar-refractivity contribution in [2.24, 2.45) is 0 Å². The van der Waals surface area contributed by atoms with Crippen molar-refractivity contribution in [1.29, 1.82) is 0 Å². The van der Waals surface area contributed by atoms with Crippen LogP contribution < -0.4 is 14.8 Å². The molecule has 0 radical (unpaired) electrons. The van der Waals surface area contributed by atoms with Gasteiger partial charge in [-0.25, -0.2) is 0 Å². The van der Waals surface area contributed by atoms with Gasteiger partial charge in [0, 0.05) is 19.2 Å². The van der Waals surface area contributed by atoms with Crippen LogP contribution in [0.25, 0.3) is 0 Å². The quantitative estimate of drug-likeness (QED) is 0.629. The lowest BCUT2D eigenvalue weighted by Crippen LogP contribution is -2.12. The molecule has 0 unspecified atom stereocenters. The van der Waals surface area contributed by atoms with E-state index >= 15 is 0 Å². The van der Waals surface area contributed by atoms with Gasteiger partial charge in [0.2, 0.25) is 0 Å². The Morgan fingerprint density at radius 3 is 2.23 bits per heavy atom. The average molecular weight is 302 g/mol. The third kappa shape index (κ3) is 3.95. The predicted octanol–water partition coefficient (Wildman–Crippen LogP) is 2.90. The van der Waals surface area contributed by atoms with Crippen LogP contribution in [-0.4, -0.2) is 19.1 Å². The van der Waals surface area contributed by atoms with Crippen molar-refractivity contribution < 1.29 is 14.4 Å². The van der Waals surface area contributed by atoms with E-state index in [0.717, 1.165) is 16.9 Å². The van der Waals surface area contributed by atoms with Gasteiger partial charge in [-0.3, -0.25) is 10.1 Å². The highest BCUT2D eigenvalue weighted by atomic mass is 16.6. The summed E-state index contributed by atoms with van der Waals surface area (Å²) in [5.74, 6) is 1.08. The van der Waals surface area contributed by atoms with E-state index in [2.05, 4.69) is 5.32 Å². The molecule has 0 bridgehead atoms. The zero-order valence-electron chi connectivity index (χ0n) is 12.5. The Hall–Kier alpha value is -2.60. The highest BCUT2D eigenvalue weighted by molar-refractivity contribution is 5.48. The zero-order chi connectivity index (χ0) is 15.9. The van der Waals surface area contributed by atoms with E-state index in [1.165, 1.54) is 13.2 Å². The number of nitro groups is 1. The van der Waals surface area contributed by atoms with E-state index in [4.69, 9.17) is 9.47 Å². The molecule has 2 aromatic carbocycles. The minimum absolute atomic E-state index is 0.0220. The van der Waals surface area contributed by atoms with Crippen LogP contribution in [0.5, 0.6) is 11.5 Å². The summed E-state index contributed by atoms with van der Waals surface area (Å²) in [6.45, 7) is 1.21. The molecule has 0 aliphatic carbocycles. The standard InChI is InChI=1S/C16H18N2O4/c1-21-14-6-3-12(4-7-14)10-17-11-13-5-8-16(22-2)15(9-13)18(19)20/h3-9,17H,10-11H2,1-2H3. The number of rotatable bonds is 7. The molecule has 0 saturated carbocycles. The highest BCUT2D eigenvalue weighted by Crippen LogP contribution is 2.27. The number of benzene rings is 2. The maximum absolute atomic E-state index is 11.0. The molecule has 2 rings (SSSR count). The van der Waals surface area contributed by atoms with Gasteiger partial charge in [0.25, 0.3) is 0 Å². The molecule has 0 aliphatic heterocycles. The molecular weight excluding hydrogens is 284 g/mol. The number of methoxy groups -OCH3 is 2. The summed E-state index contributed by atoms with van der Waals surface area (Å²) in [5.41, 5.74) is 1.93. The number of nitrogens with one attached hydrogen (secondary N) is 1. The Morgan fingerprint density at radius 2 is 1.64 bits per heavy atom. The first-order valence-electron chi connectivity index (χ1n) is 6.79. The maximum Gasteiger partial charge on any atom is 0.311 e. The summed E-state index contributed by atoms with van der Waals surface area (Å²) in [6, 6.07) is 12.7. The van der Waals surface area contributed by atoms with Crippen LogP contribution in [0.3, 0.4) is 0 Å². The fourth-order valence-electron chi connectivity index (χ4n) is 2.08. The number of ether oxygens (including phenoxy) is 2. The van der Waals surface area contributed by atoms with E-state index < -0.39 is 4.92 Å². The van der Waals surface area contributed by atoms with Crippen LogP contribution in [-0.2, 0) is 13.1 Å². The minimum Gasteiger partial charge on any atom is -0.497 e. The second-order valence-corrected chi connectivity index (χ2v) is 4.71. The minimum atomic E-state index is -0.439. The molecule has 6 nitrogen and oxygen atoms in total. The number of nitro benzene ring substituents is 1. The first-order chi connectivity index (χ1) is 10.6. The van der Waals surface area contributed by atoms with Gasteiger partial charge < -0.3 is 14.8 Å². The largest absolute Gasteiger partial charge is 0.497 e. The van der Waals surface area contributed by atoms with Gasteiger partial charge in [0.05, 0.1) is 19.1 Å². The smallest absolute Gasteiger partial charge is 0.311 e. The second kappa shape index (κ2) is 7.42. The van der Waals surface area contributed by atoms with E-state index in [-0.39, 0.29) is 11.4 Å². The molecule has 0 fully saturated rings. The number of hydrogen-bond acceptors (Lipinski definition) is 5. The van der Waals surface area contributed by atoms with Gasteiger partial charge in [0.1, 0.15) is 5.75 Å². The van der Waals surface area contributed by atoms with Crippen LogP contribution in [0.4, 0.5) is 5.69 Å². The topological polar surface area (TPSA) is 73.6 Å². The summed E-state index contributed by atoms with van der Waals surface area (Å²) in [7, 11) is 3.05. The molecule has 0 saturated heterocycles. The van der Waals surface area contributed by atoms with Crippen molar-refractivity contribution in [3.63, 3.8) is 0 Å². The van der Waals surface area contributed by atoms with Gasteiger partial charge in [0.15, 0.2) is 5.75 Å². The van der Waals surface area contributed by atoms with Crippen molar-refractivity contribution in [3.8, 4) is 11.5 Å². The Morgan fingerprint density at radius 1 is 1.00 bits per heavy atom. The molecule has 2 aromatic rings. The van der Waals surface area contributed by atoms with E-state index in [0.29, 0.717) is 13.1 Å². The summed E-state index contributed by atoms with van der Waals surface area (Å²) in [4.78, 5) is 10.5. The Balaban J connectivity index is 1.96. The number of nitrogens with zero attached hydrogens (tertiary/aromatic N) is 1. The van der Waals surface area contributed by atoms with Crippen LogP contribution in [0.1, 0.15) is 11.1 Å². The van der Waals surface area contributed by atoms with Crippen LogP contribution in [0, 0.1) is 10.1 Å². The van der Waals surface area contributed by atoms with Crippen LogP contribution >= 0.6 is 0 Å². The molecule has 1 N–H and O–H groups in total. The molecule has 0 amide bonds. The molecule has 0 atom stereocenters. The van der Waals surface area contributed by atoms with Crippen LogP contribution in [0.15, 0.2) is 42.5 Å². The molecule has 22 heavy (non-hydrogen) atoms. The fourth-order valence-corrected chi connectivity index (χ4v) is 2.08. The third-order valence-corrected chi connectivity index (χ3v) is 3.26. The van der Waals surface area contributed by atoms with Crippen LogP contribution in [0.2, 0.25) is 0 Å². The molecule has 0 aliphatic rings. The average Bonchev–Trinajstić information content (AvgIpc) is 2.55. The molecule has 116 valence electrons. The van der Waals surface area contributed by atoms with Gasteiger partial charge in [-0.15, -0.1) is 0 Å². The van der Waals surface area contributed by atoms with Crippen molar-refractivity contribution >= 4 is 5.69 Å². The summed E-state index contributed by atoms with van der Waals surface area (Å²) >= 11 is 0. The lowest BCUT2D eigenvalue weighted by Gasteiger charge is -2.07. The van der Waals surface area contributed by atoms with Crippen molar-refractivity contribution in [2.75, 3.05) is 14.2 Å². The normalized spacial score (nSPS) is 10.3. The lowest BCUT2D eigenvalue weighted by atomic mass is 10.1. The molecule has 0 spiro atoms. The Labute approximate surface area is 128 Å². The summed E-state index contributed by atoms with van der Waals surface area (Å²) in [5, 5.41) is 14.2. The van der Waals surface area contributed by atoms with E-state index in [9.17, 15) is 10.1 Å². The molecule has 0 aromatic heterocycles. The first-order valence-corrected chi connectivity index (χ1v) is 6.79. The Bertz CT molecular complexity index is 641. The third-order valence-electron chi connectivity index (χ3n) is 3.26. The Kier molecular flexibility index (Phi) is 5.32. The van der Waals surface area contributed by atoms with Gasteiger partial charge in [-0.05, 0) is 29.3 Å². The zero-order valence-corrected chi connectivity index (χ0v) is 12.5. The maximum atomic E-state index is 11.0. The van der Waals surface area contributed by atoms with Gasteiger partial charge in [-0.1, -0.05) is 18.2 Å². The van der Waals surface area contributed by atoms with Gasteiger partial charge in [-0.2, -0.15) is 0 Å². The number of hydrogen-bond donors (Lipinski definition) is 1. The second-order valence-electron chi connectivity index (χ2n) is 4.71. The first kappa shape index (κ1) is 15.8. The molecule has 0 heterocycles. The molecule has 6 heteroatoms. The fraction of sp³-hybridized carbons (Fsp3) is 0.250.